The topological polar surface area (TPSA) is 56.4 Å². The van der Waals surface area contributed by atoms with E-state index in [1.54, 1.807) is 0 Å². The van der Waals surface area contributed by atoms with Crippen LogP contribution in [-0.4, -0.2) is 31.5 Å². The monoisotopic (exact) mass is 374 g/mol. The van der Waals surface area contributed by atoms with Gasteiger partial charge in [0.2, 0.25) is 5.91 Å². The summed E-state index contributed by atoms with van der Waals surface area (Å²) in [6.07, 6.45) is 6.17. The molecule has 0 saturated carbocycles. The zero-order valence-electron chi connectivity index (χ0n) is 15.8. The Bertz CT molecular complexity index is 881. The lowest BCUT2D eigenvalue weighted by atomic mass is 9.81. The van der Waals surface area contributed by atoms with Gasteiger partial charge in [-0.15, -0.1) is 0 Å². The highest BCUT2D eigenvalue weighted by Crippen LogP contribution is 2.32. The molecule has 5 rings (SSSR count). The lowest BCUT2D eigenvalue weighted by Gasteiger charge is -2.46. The first kappa shape index (κ1) is 17.5. The molecule has 0 aromatic heterocycles. The van der Waals surface area contributed by atoms with E-state index in [1.807, 2.05) is 18.2 Å². The first-order valence-corrected chi connectivity index (χ1v) is 10.2. The molecule has 3 heterocycles. The van der Waals surface area contributed by atoms with Crippen molar-refractivity contribution < 1.29 is 4.79 Å². The standard InChI is InChI=1S/C23H26N4O/c28-22-20-18(11-10-16-6-2-1-3-7-16)12-14-24-21(20)25-23(26-22)27-15-13-17-8-4-5-9-19(17)27/h1-11,18,20-21,23-25H,12-15H2,(H,26,28)/b11-10+. The normalized spacial score (nSPS) is 29.4. The number of nitrogens with one attached hydrogen (secondary N) is 3. The molecule has 3 aliphatic rings. The highest BCUT2D eigenvalue weighted by Gasteiger charge is 2.44. The highest BCUT2D eigenvalue weighted by atomic mass is 16.2. The Morgan fingerprint density at radius 3 is 2.75 bits per heavy atom. The Balaban J connectivity index is 1.33. The summed E-state index contributed by atoms with van der Waals surface area (Å²) < 4.78 is 0. The molecule has 1 amide bonds. The zero-order valence-corrected chi connectivity index (χ0v) is 15.8. The molecule has 0 radical (unpaired) electrons. The Morgan fingerprint density at radius 1 is 1.04 bits per heavy atom. The van der Waals surface area contributed by atoms with Crippen molar-refractivity contribution in [3.63, 3.8) is 0 Å². The molecule has 4 atom stereocenters. The molecule has 2 aromatic carbocycles. The van der Waals surface area contributed by atoms with E-state index >= 15 is 0 Å². The van der Waals surface area contributed by atoms with Gasteiger partial charge in [0.25, 0.3) is 0 Å². The number of rotatable bonds is 3. The number of allylic oxidation sites excluding steroid dienone is 1. The first-order chi connectivity index (χ1) is 13.8. The number of carbonyl (C=O) groups is 1. The van der Waals surface area contributed by atoms with Crippen LogP contribution in [0.3, 0.4) is 0 Å². The van der Waals surface area contributed by atoms with Crippen LogP contribution >= 0.6 is 0 Å². The number of amides is 1. The molecular formula is C23H26N4O. The molecular weight excluding hydrogens is 348 g/mol. The van der Waals surface area contributed by atoms with Gasteiger partial charge < -0.3 is 15.5 Å². The van der Waals surface area contributed by atoms with Crippen molar-refractivity contribution in [1.29, 1.82) is 0 Å². The van der Waals surface area contributed by atoms with E-state index < -0.39 is 0 Å². The van der Waals surface area contributed by atoms with Crippen LogP contribution in [-0.2, 0) is 11.2 Å². The van der Waals surface area contributed by atoms with Crippen molar-refractivity contribution in [3.05, 3.63) is 71.8 Å². The Hall–Kier alpha value is -2.63. The molecule has 2 fully saturated rings. The predicted octanol–water partition coefficient (Wildman–Crippen LogP) is 2.32. The quantitative estimate of drug-likeness (QED) is 0.772. The average Bonchev–Trinajstić information content (AvgIpc) is 3.17. The van der Waals surface area contributed by atoms with Crippen LogP contribution in [0.15, 0.2) is 60.7 Å². The highest BCUT2D eigenvalue weighted by molar-refractivity contribution is 5.82. The minimum Gasteiger partial charge on any atom is -0.338 e. The third-order valence-electron chi connectivity index (χ3n) is 6.15. The van der Waals surface area contributed by atoms with E-state index in [-0.39, 0.29) is 30.2 Å². The summed E-state index contributed by atoms with van der Waals surface area (Å²) in [6.45, 7) is 1.83. The average molecular weight is 374 g/mol. The molecule has 28 heavy (non-hydrogen) atoms. The van der Waals surface area contributed by atoms with Gasteiger partial charge in [-0.1, -0.05) is 60.7 Å². The van der Waals surface area contributed by atoms with Crippen molar-refractivity contribution in [1.82, 2.24) is 16.0 Å². The van der Waals surface area contributed by atoms with Crippen molar-refractivity contribution in [3.8, 4) is 0 Å². The molecule has 3 N–H and O–H groups in total. The third kappa shape index (κ3) is 3.21. The minimum absolute atomic E-state index is 0.00862. The Labute approximate surface area is 165 Å². The van der Waals surface area contributed by atoms with E-state index in [2.05, 4.69) is 69.4 Å². The van der Waals surface area contributed by atoms with Crippen LogP contribution in [0.2, 0.25) is 0 Å². The molecule has 0 bridgehead atoms. The minimum atomic E-state index is -0.165. The number of piperidine rings is 1. The van der Waals surface area contributed by atoms with Crippen molar-refractivity contribution in [2.75, 3.05) is 18.0 Å². The van der Waals surface area contributed by atoms with Crippen LogP contribution < -0.4 is 20.9 Å². The number of hydrogen-bond acceptors (Lipinski definition) is 4. The van der Waals surface area contributed by atoms with Gasteiger partial charge in [-0.2, -0.15) is 0 Å². The fourth-order valence-electron chi connectivity index (χ4n) is 4.72. The van der Waals surface area contributed by atoms with Crippen molar-refractivity contribution in [2.45, 2.75) is 25.3 Å². The lowest BCUT2D eigenvalue weighted by Crippen LogP contribution is -2.72. The summed E-state index contributed by atoms with van der Waals surface area (Å²) in [6, 6.07) is 18.7. The number of carbonyl (C=O) groups excluding carboxylic acids is 1. The van der Waals surface area contributed by atoms with Gasteiger partial charge in [-0.05, 0) is 42.5 Å². The fourth-order valence-corrected chi connectivity index (χ4v) is 4.72. The SMILES string of the molecule is O=C1NC(N2CCc3ccccc32)NC2NCCC(/C=C/c3ccccc3)C12. The van der Waals surface area contributed by atoms with Gasteiger partial charge in [0.05, 0.1) is 12.1 Å². The van der Waals surface area contributed by atoms with Crippen LogP contribution in [0.1, 0.15) is 17.5 Å². The molecule has 0 aliphatic carbocycles. The largest absolute Gasteiger partial charge is 0.338 e. The van der Waals surface area contributed by atoms with Gasteiger partial charge in [0, 0.05) is 12.2 Å². The number of anilines is 1. The van der Waals surface area contributed by atoms with Crippen molar-refractivity contribution in [2.24, 2.45) is 11.8 Å². The van der Waals surface area contributed by atoms with Crippen LogP contribution in [0.4, 0.5) is 5.69 Å². The molecule has 144 valence electrons. The van der Waals surface area contributed by atoms with Gasteiger partial charge in [-0.3, -0.25) is 10.1 Å². The zero-order chi connectivity index (χ0) is 18.9. The van der Waals surface area contributed by atoms with Crippen LogP contribution in [0.5, 0.6) is 0 Å². The third-order valence-corrected chi connectivity index (χ3v) is 6.15. The maximum Gasteiger partial charge on any atom is 0.229 e. The van der Waals surface area contributed by atoms with Gasteiger partial charge in [0.15, 0.2) is 6.29 Å². The van der Waals surface area contributed by atoms with Crippen molar-refractivity contribution >= 4 is 17.7 Å². The first-order valence-electron chi connectivity index (χ1n) is 10.2. The second-order valence-electron chi connectivity index (χ2n) is 7.83. The summed E-state index contributed by atoms with van der Waals surface area (Å²) >= 11 is 0. The van der Waals surface area contributed by atoms with Crippen LogP contribution in [0, 0.1) is 11.8 Å². The van der Waals surface area contributed by atoms with E-state index in [0.29, 0.717) is 0 Å². The molecule has 3 aliphatic heterocycles. The molecule has 2 aromatic rings. The summed E-state index contributed by atoms with van der Waals surface area (Å²) in [4.78, 5) is 15.4. The second kappa shape index (κ2) is 7.41. The molecule has 5 nitrogen and oxygen atoms in total. The second-order valence-corrected chi connectivity index (χ2v) is 7.83. The maximum absolute atomic E-state index is 13.1. The molecule has 5 heteroatoms. The molecule has 0 spiro atoms. The summed E-state index contributed by atoms with van der Waals surface area (Å²) in [5.41, 5.74) is 3.74. The molecule has 2 saturated heterocycles. The van der Waals surface area contributed by atoms with E-state index in [9.17, 15) is 4.79 Å². The maximum atomic E-state index is 13.1. The van der Waals surface area contributed by atoms with Gasteiger partial charge >= 0.3 is 0 Å². The number of fused-ring (bicyclic) bond motifs is 2. The fraction of sp³-hybridized carbons (Fsp3) is 0.348. The van der Waals surface area contributed by atoms with Crippen LogP contribution in [0.25, 0.3) is 6.08 Å². The number of benzene rings is 2. The summed E-state index contributed by atoms with van der Waals surface area (Å²) in [5.74, 6) is 0.265. The lowest BCUT2D eigenvalue weighted by molar-refractivity contribution is -0.132. The Morgan fingerprint density at radius 2 is 1.86 bits per heavy atom. The summed E-state index contributed by atoms with van der Waals surface area (Å²) in [5, 5.41) is 10.4. The Kier molecular flexibility index (Phi) is 4.63. The predicted molar refractivity (Wildman–Crippen MR) is 111 cm³/mol. The van der Waals surface area contributed by atoms with Gasteiger partial charge in [0.1, 0.15) is 0 Å². The van der Waals surface area contributed by atoms with Gasteiger partial charge in [-0.25, -0.2) is 0 Å². The number of para-hydroxylation sites is 1. The van der Waals surface area contributed by atoms with E-state index in [0.717, 1.165) is 25.9 Å². The smallest absolute Gasteiger partial charge is 0.229 e. The summed E-state index contributed by atoms with van der Waals surface area (Å²) in [7, 11) is 0. The van der Waals surface area contributed by atoms with E-state index in [4.69, 9.17) is 0 Å². The molecule has 4 unspecified atom stereocenters. The van der Waals surface area contributed by atoms with E-state index in [1.165, 1.54) is 16.8 Å². The number of hydrogen-bond donors (Lipinski definition) is 3. The number of nitrogens with zero attached hydrogens (tertiary/aromatic N) is 1.